The van der Waals surface area contributed by atoms with Gasteiger partial charge in [0.2, 0.25) is 5.88 Å². The lowest BCUT2D eigenvalue weighted by Gasteiger charge is -2.46. The van der Waals surface area contributed by atoms with Crippen LogP contribution >= 0.6 is 0 Å². The lowest BCUT2D eigenvalue weighted by Crippen LogP contribution is -2.57. The first-order valence-electron chi connectivity index (χ1n) is 8.02. The average Bonchev–Trinajstić information content (AvgIpc) is 3.01. The molecule has 3 saturated heterocycles. The Labute approximate surface area is 123 Å². The van der Waals surface area contributed by atoms with Crippen LogP contribution in [0.3, 0.4) is 0 Å². The van der Waals surface area contributed by atoms with Gasteiger partial charge >= 0.3 is 0 Å². The van der Waals surface area contributed by atoms with Crippen molar-refractivity contribution in [3.63, 3.8) is 0 Å². The zero-order valence-electron chi connectivity index (χ0n) is 12.2. The zero-order valence-corrected chi connectivity index (χ0v) is 12.2. The first-order chi connectivity index (χ1) is 10.2. The lowest BCUT2D eigenvalue weighted by molar-refractivity contribution is 0.00829. The van der Waals surface area contributed by atoms with E-state index in [4.69, 9.17) is 0 Å². The van der Waals surface area contributed by atoms with Gasteiger partial charge in [-0.25, -0.2) is 0 Å². The van der Waals surface area contributed by atoms with Gasteiger partial charge in [-0.15, -0.1) is 0 Å². The molecule has 3 aliphatic heterocycles. The van der Waals surface area contributed by atoms with Crippen molar-refractivity contribution < 1.29 is 5.11 Å². The van der Waals surface area contributed by atoms with E-state index in [1.807, 2.05) is 0 Å². The van der Waals surface area contributed by atoms with Gasteiger partial charge in [-0.2, -0.15) is 4.98 Å². The van der Waals surface area contributed by atoms with Gasteiger partial charge in [0.1, 0.15) is 5.82 Å². The van der Waals surface area contributed by atoms with Crippen LogP contribution in [-0.4, -0.2) is 57.6 Å². The fourth-order valence-corrected chi connectivity index (χ4v) is 4.10. The second kappa shape index (κ2) is 5.10. The molecule has 0 aromatic carbocycles. The van der Waals surface area contributed by atoms with Crippen LogP contribution in [0.5, 0.6) is 5.88 Å². The molecule has 0 spiro atoms. The third-order valence-corrected chi connectivity index (χ3v) is 5.31. The molecule has 4 heterocycles. The van der Waals surface area contributed by atoms with E-state index < -0.39 is 0 Å². The SMILES string of the molecule is O=c1[nH]c(C2CN3CCN2CC3)nc(O)c1C1CCCC1. The Hall–Kier alpha value is -1.40. The molecule has 4 fully saturated rings. The lowest BCUT2D eigenvalue weighted by atomic mass is 9.99. The summed E-state index contributed by atoms with van der Waals surface area (Å²) in [6, 6.07) is 0.115. The number of hydrogen-bond acceptors (Lipinski definition) is 5. The molecule has 2 N–H and O–H groups in total. The van der Waals surface area contributed by atoms with E-state index in [1.165, 1.54) is 0 Å². The summed E-state index contributed by atoms with van der Waals surface area (Å²) < 4.78 is 0. The van der Waals surface area contributed by atoms with Crippen molar-refractivity contribution >= 4 is 0 Å². The normalized spacial score (nSPS) is 32.7. The largest absolute Gasteiger partial charge is 0.493 e. The van der Waals surface area contributed by atoms with Gasteiger partial charge in [-0.1, -0.05) is 12.8 Å². The van der Waals surface area contributed by atoms with Gasteiger partial charge in [0.25, 0.3) is 5.56 Å². The molecule has 1 aromatic rings. The number of hydrogen-bond donors (Lipinski definition) is 2. The molecule has 1 saturated carbocycles. The van der Waals surface area contributed by atoms with Crippen LogP contribution in [-0.2, 0) is 0 Å². The topological polar surface area (TPSA) is 72.5 Å². The number of nitrogens with zero attached hydrogens (tertiary/aromatic N) is 3. The van der Waals surface area contributed by atoms with Crippen LogP contribution in [0, 0.1) is 0 Å². The second-order valence-electron chi connectivity index (χ2n) is 6.52. The molecule has 0 radical (unpaired) electrons. The molecule has 6 nitrogen and oxygen atoms in total. The highest BCUT2D eigenvalue weighted by Crippen LogP contribution is 2.36. The predicted octanol–water partition coefficient (Wildman–Crippen LogP) is 0.805. The van der Waals surface area contributed by atoms with Crippen molar-refractivity contribution in [2.75, 3.05) is 32.7 Å². The molecular formula is C15H22N4O2. The number of aromatic nitrogens is 2. The Morgan fingerprint density at radius 3 is 2.43 bits per heavy atom. The maximum absolute atomic E-state index is 12.4. The Morgan fingerprint density at radius 1 is 1.14 bits per heavy atom. The molecule has 1 atom stereocenters. The third-order valence-electron chi connectivity index (χ3n) is 5.31. The number of aromatic hydroxyl groups is 1. The van der Waals surface area contributed by atoms with E-state index in [0.717, 1.165) is 58.4 Å². The maximum atomic E-state index is 12.4. The summed E-state index contributed by atoms with van der Waals surface area (Å²) in [5.74, 6) is 0.768. The van der Waals surface area contributed by atoms with E-state index in [0.29, 0.717) is 11.4 Å². The van der Waals surface area contributed by atoms with Gasteiger partial charge in [0.05, 0.1) is 11.6 Å². The molecule has 4 aliphatic rings. The number of piperazine rings is 3. The number of aromatic amines is 1. The second-order valence-corrected chi connectivity index (χ2v) is 6.52. The number of H-pyrrole nitrogens is 1. The van der Waals surface area contributed by atoms with Gasteiger partial charge in [0, 0.05) is 32.7 Å². The highest BCUT2D eigenvalue weighted by molar-refractivity contribution is 5.28. The monoisotopic (exact) mass is 290 g/mol. The first-order valence-corrected chi connectivity index (χ1v) is 8.02. The standard InChI is InChI=1S/C15H22N4O2/c20-14-12(10-3-1-2-4-10)15(21)17-13(16-14)11-9-18-5-7-19(11)8-6-18/h10-11H,1-9H2,(H2,16,17,20,21). The van der Waals surface area contributed by atoms with E-state index >= 15 is 0 Å². The molecular weight excluding hydrogens is 268 g/mol. The van der Waals surface area contributed by atoms with Crippen LogP contribution < -0.4 is 5.56 Å². The van der Waals surface area contributed by atoms with Crippen molar-refractivity contribution in [2.45, 2.75) is 37.6 Å². The molecule has 21 heavy (non-hydrogen) atoms. The Bertz CT molecular complexity index is 586. The third kappa shape index (κ3) is 2.26. The molecule has 1 aromatic heterocycles. The predicted molar refractivity (Wildman–Crippen MR) is 78.5 cm³/mol. The van der Waals surface area contributed by atoms with Crippen LogP contribution in [0.15, 0.2) is 4.79 Å². The summed E-state index contributed by atoms with van der Waals surface area (Å²) >= 11 is 0. The van der Waals surface area contributed by atoms with Crippen molar-refractivity contribution in [1.82, 2.24) is 19.8 Å². The zero-order chi connectivity index (χ0) is 14.4. The Balaban J connectivity index is 1.66. The maximum Gasteiger partial charge on any atom is 0.258 e. The van der Waals surface area contributed by atoms with E-state index in [9.17, 15) is 9.90 Å². The van der Waals surface area contributed by atoms with Crippen molar-refractivity contribution in [1.29, 1.82) is 0 Å². The Kier molecular flexibility index (Phi) is 3.23. The fraction of sp³-hybridized carbons (Fsp3) is 0.733. The van der Waals surface area contributed by atoms with Crippen molar-refractivity contribution in [3.05, 3.63) is 21.7 Å². The smallest absolute Gasteiger partial charge is 0.258 e. The highest BCUT2D eigenvalue weighted by Gasteiger charge is 2.35. The van der Waals surface area contributed by atoms with Gasteiger partial charge in [0.15, 0.2) is 0 Å². The molecule has 114 valence electrons. The molecule has 1 aliphatic carbocycles. The minimum atomic E-state index is -0.137. The van der Waals surface area contributed by atoms with Crippen LogP contribution in [0.25, 0.3) is 0 Å². The summed E-state index contributed by atoms with van der Waals surface area (Å²) in [4.78, 5) is 24.5. The minimum absolute atomic E-state index is 0.0432. The summed E-state index contributed by atoms with van der Waals surface area (Å²) in [6.07, 6.45) is 4.25. The van der Waals surface area contributed by atoms with Gasteiger partial charge in [-0.3, -0.25) is 14.6 Å². The summed E-state index contributed by atoms with van der Waals surface area (Å²) in [5.41, 5.74) is 0.370. The molecule has 0 amide bonds. The van der Waals surface area contributed by atoms with Crippen LogP contribution in [0.2, 0.25) is 0 Å². The summed E-state index contributed by atoms with van der Waals surface area (Å²) in [7, 11) is 0. The Morgan fingerprint density at radius 2 is 1.86 bits per heavy atom. The van der Waals surface area contributed by atoms with Crippen LogP contribution in [0.1, 0.15) is 49.0 Å². The fourth-order valence-electron chi connectivity index (χ4n) is 4.10. The highest BCUT2D eigenvalue weighted by atomic mass is 16.3. The van der Waals surface area contributed by atoms with Gasteiger partial charge in [-0.05, 0) is 18.8 Å². The minimum Gasteiger partial charge on any atom is -0.493 e. The van der Waals surface area contributed by atoms with Crippen molar-refractivity contribution in [2.24, 2.45) is 0 Å². The van der Waals surface area contributed by atoms with Crippen LogP contribution in [0.4, 0.5) is 0 Å². The molecule has 1 unspecified atom stereocenters. The number of nitrogens with one attached hydrogen (secondary N) is 1. The van der Waals surface area contributed by atoms with Gasteiger partial charge < -0.3 is 10.1 Å². The summed E-state index contributed by atoms with van der Waals surface area (Å²) in [5, 5.41) is 10.3. The summed E-state index contributed by atoms with van der Waals surface area (Å²) in [6.45, 7) is 5.10. The van der Waals surface area contributed by atoms with Crippen molar-refractivity contribution in [3.8, 4) is 5.88 Å². The molecule has 6 heteroatoms. The van der Waals surface area contributed by atoms with E-state index in [2.05, 4.69) is 19.8 Å². The first kappa shape index (κ1) is 13.3. The molecule has 2 bridgehead atoms. The van der Waals surface area contributed by atoms with E-state index in [1.54, 1.807) is 0 Å². The molecule has 5 rings (SSSR count). The number of rotatable bonds is 2. The van der Waals surface area contributed by atoms with E-state index in [-0.39, 0.29) is 23.4 Å². The average molecular weight is 290 g/mol. The number of fused-ring (bicyclic) bond motifs is 3. The quantitative estimate of drug-likeness (QED) is 0.843.